The third-order valence-corrected chi connectivity index (χ3v) is 5.81. The molecule has 0 aliphatic carbocycles. The number of rotatable bonds is 4. The van der Waals surface area contributed by atoms with E-state index in [0.717, 1.165) is 10.9 Å². The topological polar surface area (TPSA) is 4.93 Å². The molecule has 4 aromatic rings. The summed E-state index contributed by atoms with van der Waals surface area (Å²) < 4.78 is 3.53. The lowest BCUT2D eigenvalue weighted by atomic mass is 9.99. The lowest BCUT2D eigenvalue weighted by molar-refractivity contribution is 0.547. The van der Waals surface area contributed by atoms with E-state index in [1.165, 1.54) is 33.2 Å². The van der Waals surface area contributed by atoms with Crippen molar-refractivity contribution < 1.29 is 0 Å². The van der Waals surface area contributed by atoms with Gasteiger partial charge in [-0.25, -0.2) is 0 Å². The minimum Gasteiger partial charge on any atom is -0.344 e. The molecule has 0 aliphatic rings. The van der Waals surface area contributed by atoms with Gasteiger partial charge >= 0.3 is 0 Å². The fraction of sp³-hybridized carbons (Fsp3) is 0.167. The van der Waals surface area contributed by atoms with Crippen molar-refractivity contribution in [1.29, 1.82) is 0 Å². The van der Waals surface area contributed by atoms with Crippen LogP contribution in [0, 0.1) is 0 Å². The van der Waals surface area contributed by atoms with Crippen LogP contribution in [0.5, 0.6) is 0 Å². The summed E-state index contributed by atoms with van der Waals surface area (Å²) in [5.74, 6) is 0. The van der Waals surface area contributed by atoms with E-state index in [9.17, 15) is 0 Å². The molecule has 0 unspecified atom stereocenters. The van der Waals surface area contributed by atoms with Gasteiger partial charge < -0.3 is 4.57 Å². The highest BCUT2D eigenvalue weighted by molar-refractivity contribution is 9.10. The van der Waals surface area contributed by atoms with E-state index in [-0.39, 0.29) is 0 Å². The van der Waals surface area contributed by atoms with E-state index in [4.69, 9.17) is 0 Å². The highest BCUT2D eigenvalue weighted by atomic mass is 79.9. The Morgan fingerprint density at radius 1 is 0.808 bits per heavy atom. The summed E-state index contributed by atoms with van der Waals surface area (Å²) in [7, 11) is 0. The lowest BCUT2D eigenvalue weighted by Gasteiger charge is -2.13. The Hall–Kier alpha value is -2.32. The van der Waals surface area contributed by atoms with Crippen LogP contribution in [0.15, 0.2) is 83.5 Å². The number of hydrogen-bond acceptors (Lipinski definition) is 0. The first-order chi connectivity index (χ1) is 12.7. The first-order valence-corrected chi connectivity index (χ1v) is 9.92. The normalized spacial score (nSPS) is 12.4. The van der Waals surface area contributed by atoms with Crippen LogP contribution in [0.1, 0.15) is 26.3 Å². The third-order valence-electron chi connectivity index (χ3n) is 5.18. The summed E-state index contributed by atoms with van der Waals surface area (Å²) in [6.07, 6.45) is 3.33. The second-order valence-corrected chi connectivity index (χ2v) is 7.67. The van der Waals surface area contributed by atoms with Crippen LogP contribution in [-0.4, -0.2) is 4.57 Å². The summed E-state index contributed by atoms with van der Waals surface area (Å²) >= 11 is 3.74. The zero-order valence-electron chi connectivity index (χ0n) is 15.1. The number of aromatic nitrogens is 1. The Morgan fingerprint density at radius 2 is 1.38 bits per heavy atom. The van der Waals surface area contributed by atoms with Crippen molar-refractivity contribution in [3.05, 3.63) is 83.5 Å². The molecule has 0 spiro atoms. The van der Waals surface area contributed by atoms with Crippen molar-refractivity contribution in [2.24, 2.45) is 0 Å². The molecule has 0 aliphatic heterocycles. The Morgan fingerprint density at radius 3 is 2.04 bits per heavy atom. The zero-order valence-corrected chi connectivity index (χ0v) is 16.7. The van der Waals surface area contributed by atoms with Crippen LogP contribution in [0.2, 0.25) is 0 Å². The number of fused-ring (bicyclic) bond motifs is 1. The standard InChI is InChI=1S/C24H22BrN/c1-3-17(2)26-16-23(25)22-15-21(13-14-24(22)26)20-11-9-19(10-12-20)18-7-5-4-6-8-18/h4-17H,3H2,1-2H3/t17-/m0/s1. The lowest BCUT2D eigenvalue weighted by Crippen LogP contribution is -2.01. The SMILES string of the molecule is CC[C@H](C)n1cc(Br)c2cc(-c3ccc(-c4ccccc4)cc3)ccc21. The molecule has 130 valence electrons. The molecule has 1 heterocycles. The molecule has 4 rings (SSSR count). The molecule has 0 amide bonds. The summed E-state index contributed by atoms with van der Waals surface area (Å²) in [6, 6.07) is 26.6. The van der Waals surface area contributed by atoms with Gasteiger partial charge in [-0.3, -0.25) is 0 Å². The molecule has 1 atom stereocenters. The molecule has 0 radical (unpaired) electrons. The van der Waals surface area contributed by atoms with Gasteiger partial charge in [0.15, 0.2) is 0 Å². The van der Waals surface area contributed by atoms with Crippen LogP contribution >= 0.6 is 15.9 Å². The molecule has 0 N–H and O–H groups in total. The highest BCUT2D eigenvalue weighted by Crippen LogP contribution is 2.33. The molecule has 0 saturated carbocycles. The van der Waals surface area contributed by atoms with E-state index >= 15 is 0 Å². The average Bonchev–Trinajstić information content (AvgIpc) is 3.04. The maximum Gasteiger partial charge on any atom is 0.0495 e. The minimum absolute atomic E-state index is 0.500. The van der Waals surface area contributed by atoms with E-state index in [0.29, 0.717) is 6.04 Å². The molecule has 0 bridgehead atoms. The van der Waals surface area contributed by atoms with E-state index < -0.39 is 0 Å². The van der Waals surface area contributed by atoms with Gasteiger partial charge in [-0.15, -0.1) is 0 Å². The fourth-order valence-corrected chi connectivity index (χ4v) is 3.98. The van der Waals surface area contributed by atoms with Gasteiger partial charge in [0.2, 0.25) is 0 Å². The third kappa shape index (κ3) is 3.10. The maximum atomic E-state index is 3.74. The number of hydrogen-bond donors (Lipinski definition) is 0. The van der Waals surface area contributed by atoms with Gasteiger partial charge in [-0.2, -0.15) is 0 Å². The largest absolute Gasteiger partial charge is 0.344 e. The molecule has 1 aromatic heterocycles. The summed E-state index contributed by atoms with van der Waals surface area (Å²) in [5, 5.41) is 1.27. The van der Waals surface area contributed by atoms with Gasteiger partial charge in [0, 0.05) is 27.6 Å². The Labute approximate surface area is 163 Å². The summed E-state index contributed by atoms with van der Waals surface area (Å²) in [6.45, 7) is 4.50. The first kappa shape index (κ1) is 17.1. The van der Waals surface area contributed by atoms with E-state index in [2.05, 4.69) is 113 Å². The fourth-order valence-electron chi connectivity index (χ4n) is 3.44. The predicted molar refractivity (Wildman–Crippen MR) is 116 cm³/mol. The van der Waals surface area contributed by atoms with Gasteiger partial charge in [0.1, 0.15) is 0 Å². The van der Waals surface area contributed by atoms with Gasteiger partial charge in [-0.1, -0.05) is 67.6 Å². The molecular weight excluding hydrogens is 382 g/mol. The second kappa shape index (κ2) is 7.13. The molecule has 26 heavy (non-hydrogen) atoms. The van der Waals surface area contributed by atoms with Crippen LogP contribution in [-0.2, 0) is 0 Å². The monoisotopic (exact) mass is 403 g/mol. The van der Waals surface area contributed by atoms with Gasteiger partial charge in [-0.05, 0) is 63.7 Å². The number of halogens is 1. The minimum atomic E-state index is 0.500. The Kier molecular flexibility index (Phi) is 4.69. The molecule has 3 aromatic carbocycles. The van der Waals surface area contributed by atoms with Crippen LogP contribution in [0.4, 0.5) is 0 Å². The van der Waals surface area contributed by atoms with Crippen molar-refractivity contribution in [2.75, 3.05) is 0 Å². The second-order valence-electron chi connectivity index (χ2n) is 6.82. The van der Waals surface area contributed by atoms with Crippen LogP contribution < -0.4 is 0 Å². The highest BCUT2D eigenvalue weighted by Gasteiger charge is 2.11. The molecule has 0 saturated heterocycles. The maximum absolute atomic E-state index is 3.74. The number of benzene rings is 3. The summed E-state index contributed by atoms with van der Waals surface area (Å²) in [5.41, 5.74) is 6.28. The van der Waals surface area contributed by atoms with Crippen molar-refractivity contribution in [1.82, 2.24) is 4.57 Å². The van der Waals surface area contributed by atoms with Gasteiger partial charge in [0.25, 0.3) is 0 Å². The van der Waals surface area contributed by atoms with Crippen molar-refractivity contribution in [2.45, 2.75) is 26.3 Å². The predicted octanol–water partition coefficient (Wildman–Crippen LogP) is 7.71. The first-order valence-electron chi connectivity index (χ1n) is 9.13. The molecule has 0 fully saturated rings. The summed E-state index contributed by atoms with van der Waals surface area (Å²) in [4.78, 5) is 0. The Balaban J connectivity index is 1.72. The van der Waals surface area contributed by atoms with Crippen LogP contribution in [0.25, 0.3) is 33.2 Å². The van der Waals surface area contributed by atoms with Crippen molar-refractivity contribution in [3.8, 4) is 22.3 Å². The molecule has 1 nitrogen and oxygen atoms in total. The quantitative estimate of drug-likeness (QED) is 0.328. The van der Waals surface area contributed by atoms with Crippen molar-refractivity contribution >= 4 is 26.8 Å². The Bertz CT molecular complexity index is 1030. The molecular formula is C24H22BrN. The van der Waals surface area contributed by atoms with E-state index in [1.54, 1.807) is 0 Å². The number of nitrogens with zero attached hydrogens (tertiary/aromatic N) is 1. The van der Waals surface area contributed by atoms with Crippen molar-refractivity contribution in [3.63, 3.8) is 0 Å². The van der Waals surface area contributed by atoms with Crippen LogP contribution in [0.3, 0.4) is 0 Å². The zero-order chi connectivity index (χ0) is 18.1. The smallest absolute Gasteiger partial charge is 0.0495 e. The average molecular weight is 404 g/mol. The molecule has 2 heteroatoms. The van der Waals surface area contributed by atoms with Gasteiger partial charge in [0.05, 0.1) is 0 Å². The van der Waals surface area contributed by atoms with E-state index in [1.807, 2.05) is 0 Å².